The van der Waals surface area contributed by atoms with Crippen LogP contribution >= 0.6 is 0 Å². The van der Waals surface area contributed by atoms with E-state index in [9.17, 15) is 0 Å². The smallest absolute Gasteiger partial charge is 0.0615 e. The van der Waals surface area contributed by atoms with Crippen molar-refractivity contribution in [1.82, 2.24) is 4.90 Å². The van der Waals surface area contributed by atoms with Crippen molar-refractivity contribution in [2.24, 2.45) is 5.73 Å². The third-order valence-electron chi connectivity index (χ3n) is 3.98. The Morgan fingerprint density at radius 1 is 1.20 bits per heavy atom. The van der Waals surface area contributed by atoms with E-state index in [1.165, 1.54) is 11.1 Å². The summed E-state index contributed by atoms with van der Waals surface area (Å²) in [6.07, 6.45) is 0. The summed E-state index contributed by atoms with van der Waals surface area (Å²) in [7, 11) is 3.85. The maximum Gasteiger partial charge on any atom is 0.0615 e. The first kappa shape index (κ1) is 17.2. The summed E-state index contributed by atoms with van der Waals surface area (Å²) < 4.78 is 5.24. The van der Waals surface area contributed by atoms with Gasteiger partial charge < -0.3 is 10.5 Å². The van der Waals surface area contributed by atoms with Gasteiger partial charge in [-0.1, -0.05) is 45.0 Å². The second-order valence-electron chi connectivity index (χ2n) is 6.59. The fourth-order valence-corrected chi connectivity index (χ4v) is 2.41. The van der Waals surface area contributed by atoms with Crippen LogP contribution < -0.4 is 5.73 Å². The molecule has 0 amide bonds. The van der Waals surface area contributed by atoms with E-state index in [4.69, 9.17) is 10.5 Å². The van der Waals surface area contributed by atoms with E-state index >= 15 is 0 Å². The molecule has 0 aliphatic carbocycles. The molecule has 0 bridgehead atoms. The Labute approximate surface area is 124 Å². The highest BCUT2D eigenvalue weighted by Crippen LogP contribution is 2.26. The molecular weight excluding hydrogens is 248 g/mol. The largest absolute Gasteiger partial charge is 0.383 e. The third-order valence-corrected chi connectivity index (χ3v) is 3.98. The van der Waals surface area contributed by atoms with Crippen molar-refractivity contribution >= 4 is 0 Å². The molecule has 20 heavy (non-hydrogen) atoms. The molecule has 3 nitrogen and oxygen atoms in total. The van der Waals surface area contributed by atoms with Crippen LogP contribution in [-0.2, 0) is 10.2 Å². The highest BCUT2D eigenvalue weighted by molar-refractivity contribution is 5.29. The van der Waals surface area contributed by atoms with Crippen molar-refractivity contribution < 1.29 is 4.74 Å². The molecule has 0 saturated carbocycles. The van der Waals surface area contributed by atoms with Crippen molar-refractivity contribution in [2.45, 2.75) is 45.2 Å². The summed E-state index contributed by atoms with van der Waals surface area (Å²) in [6.45, 7) is 10.2. The molecule has 0 fully saturated rings. The van der Waals surface area contributed by atoms with Crippen LogP contribution in [0.5, 0.6) is 0 Å². The zero-order chi connectivity index (χ0) is 15.3. The lowest BCUT2D eigenvalue weighted by Gasteiger charge is -2.32. The van der Waals surface area contributed by atoms with Crippen molar-refractivity contribution in [3.63, 3.8) is 0 Å². The molecule has 1 rings (SSSR count). The Morgan fingerprint density at radius 3 is 2.15 bits per heavy atom. The van der Waals surface area contributed by atoms with Crippen molar-refractivity contribution in [3.8, 4) is 0 Å². The number of benzene rings is 1. The molecule has 114 valence electrons. The zero-order valence-electron chi connectivity index (χ0n) is 13.8. The molecule has 2 unspecified atom stereocenters. The summed E-state index contributed by atoms with van der Waals surface area (Å²) in [5.74, 6) is 0. The summed E-state index contributed by atoms with van der Waals surface area (Å²) in [4.78, 5) is 2.29. The summed E-state index contributed by atoms with van der Waals surface area (Å²) in [6, 6.07) is 9.41. The minimum atomic E-state index is 0.186. The molecule has 3 heteroatoms. The maximum absolute atomic E-state index is 5.98. The normalized spacial score (nSPS) is 15.4. The maximum atomic E-state index is 5.98. The zero-order valence-corrected chi connectivity index (χ0v) is 13.8. The van der Waals surface area contributed by atoms with Crippen LogP contribution in [0.15, 0.2) is 24.3 Å². The Hall–Kier alpha value is -0.900. The van der Waals surface area contributed by atoms with E-state index < -0.39 is 0 Å². The van der Waals surface area contributed by atoms with Gasteiger partial charge in [-0.3, -0.25) is 4.90 Å². The molecule has 2 N–H and O–H groups in total. The van der Waals surface area contributed by atoms with Gasteiger partial charge in [0.05, 0.1) is 6.61 Å². The highest BCUT2D eigenvalue weighted by Gasteiger charge is 2.21. The Morgan fingerprint density at radius 2 is 1.75 bits per heavy atom. The summed E-state index contributed by atoms with van der Waals surface area (Å²) in [5.41, 5.74) is 8.79. The first-order valence-electron chi connectivity index (χ1n) is 7.32. The lowest BCUT2D eigenvalue weighted by Crippen LogP contribution is -2.39. The van der Waals surface area contributed by atoms with E-state index in [0.717, 1.165) is 0 Å². The number of ether oxygens (including phenoxy) is 1. The standard InChI is InChI=1S/C17H30N2O/c1-13(12-20-6)19(5)16(11-18)14-7-9-15(10-8-14)17(2,3)4/h7-10,13,16H,11-12,18H2,1-6H3. The number of rotatable bonds is 6. The topological polar surface area (TPSA) is 38.5 Å². The molecule has 0 saturated heterocycles. The number of methoxy groups -OCH3 is 1. The minimum absolute atomic E-state index is 0.186. The van der Waals surface area contributed by atoms with E-state index in [0.29, 0.717) is 19.2 Å². The second-order valence-corrected chi connectivity index (χ2v) is 6.59. The van der Waals surface area contributed by atoms with Crippen LogP contribution in [-0.4, -0.2) is 38.3 Å². The van der Waals surface area contributed by atoms with Gasteiger partial charge in [-0.15, -0.1) is 0 Å². The molecule has 0 aliphatic rings. The predicted octanol–water partition coefficient (Wildman–Crippen LogP) is 2.95. The van der Waals surface area contributed by atoms with E-state index in [1.54, 1.807) is 7.11 Å². The second kappa shape index (κ2) is 7.21. The number of nitrogens with zero attached hydrogens (tertiary/aromatic N) is 1. The lowest BCUT2D eigenvalue weighted by molar-refractivity contribution is 0.0910. The average molecular weight is 278 g/mol. The van der Waals surface area contributed by atoms with Gasteiger partial charge in [0.2, 0.25) is 0 Å². The summed E-state index contributed by atoms with van der Waals surface area (Å²) >= 11 is 0. The van der Waals surface area contributed by atoms with Crippen LogP contribution in [0.4, 0.5) is 0 Å². The van der Waals surface area contributed by atoms with Crippen LogP contribution in [0, 0.1) is 0 Å². The predicted molar refractivity (Wildman–Crippen MR) is 86.0 cm³/mol. The molecule has 0 radical (unpaired) electrons. The van der Waals surface area contributed by atoms with Crippen LogP contribution in [0.1, 0.15) is 44.9 Å². The lowest BCUT2D eigenvalue weighted by atomic mass is 9.86. The van der Waals surface area contributed by atoms with Crippen LogP contribution in [0.25, 0.3) is 0 Å². The SMILES string of the molecule is COCC(C)N(C)C(CN)c1ccc(C(C)(C)C)cc1. The van der Waals surface area contributed by atoms with E-state index in [-0.39, 0.29) is 11.5 Å². The van der Waals surface area contributed by atoms with Gasteiger partial charge in [0.1, 0.15) is 0 Å². The number of likely N-dealkylation sites (N-methyl/N-ethyl adjacent to an activating group) is 1. The van der Waals surface area contributed by atoms with Gasteiger partial charge in [0, 0.05) is 25.7 Å². The fraction of sp³-hybridized carbons (Fsp3) is 0.647. The minimum Gasteiger partial charge on any atom is -0.383 e. The molecule has 0 spiro atoms. The molecule has 1 aromatic carbocycles. The van der Waals surface area contributed by atoms with Gasteiger partial charge in [0.25, 0.3) is 0 Å². The fourth-order valence-electron chi connectivity index (χ4n) is 2.41. The van der Waals surface area contributed by atoms with E-state index in [1.807, 2.05) is 0 Å². The van der Waals surface area contributed by atoms with Gasteiger partial charge in [-0.2, -0.15) is 0 Å². The van der Waals surface area contributed by atoms with Gasteiger partial charge in [-0.25, -0.2) is 0 Å². The van der Waals surface area contributed by atoms with Gasteiger partial charge in [-0.05, 0) is 30.5 Å². The molecule has 0 aliphatic heterocycles. The van der Waals surface area contributed by atoms with Gasteiger partial charge in [0.15, 0.2) is 0 Å². The van der Waals surface area contributed by atoms with Crippen molar-refractivity contribution in [1.29, 1.82) is 0 Å². The van der Waals surface area contributed by atoms with Gasteiger partial charge >= 0.3 is 0 Å². The Kier molecular flexibility index (Phi) is 6.18. The van der Waals surface area contributed by atoms with Crippen molar-refractivity contribution in [3.05, 3.63) is 35.4 Å². The highest BCUT2D eigenvalue weighted by atomic mass is 16.5. The molecule has 2 atom stereocenters. The van der Waals surface area contributed by atoms with E-state index in [2.05, 4.69) is 63.9 Å². The van der Waals surface area contributed by atoms with Crippen LogP contribution in [0.3, 0.4) is 0 Å². The molecule has 0 aromatic heterocycles. The third kappa shape index (κ3) is 4.30. The average Bonchev–Trinajstić information content (AvgIpc) is 2.39. The molecular formula is C17H30N2O. The first-order valence-corrected chi connectivity index (χ1v) is 7.32. The molecule has 1 aromatic rings. The monoisotopic (exact) mass is 278 g/mol. The number of hydrogen-bond donors (Lipinski definition) is 1. The number of hydrogen-bond acceptors (Lipinski definition) is 3. The first-order chi connectivity index (χ1) is 9.31. The quantitative estimate of drug-likeness (QED) is 0.869. The molecule has 0 heterocycles. The number of nitrogens with two attached hydrogens (primary N) is 1. The summed E-state index contributed by atoms with van der Waals surface area (Å²) in [5, 5.41) is 0. The van der Waals surface area contributed by atoms with Crippen molar-refractivity contribution in [2.75, 3.05) is 27.3 Å². The Bertz CT molecular complexity index is 394. The van der Waals surface area contributed by atoms with Crippen LogP contribution in [0.2, 0.25) is 0 Å². The Balaban J connectivity index is 2.90.